The average Bonchev–Trinajstić information content (AvgIpc) is 3.21. The molecule has 2 aromatic rings. The Morgan fingerprint density at radius 2 is 1.81 bits per heavy atom. The zero-order valence-electron chi connectivity index (χ0n) is 14.1. The van der Waals surface area contributed by atoms with Gasteiger partial charge >= 0.3 is 5.97 Å². The lowest BCUT2D eigenvalue weighted by Gasteiger charge is -2.31. The molecule has 0 aliphatic carbocycles. The third kappa shape index (κ3) is 4.17. The number of hydrogen-bond acceptors (Lipinski definition) is 4. The van der Waals surface area contributed by atoms with Gasteiger partial charge in [0.15, 0.2) is 6.61 Å². The number of hydrogen-bond donors (Lipinski definition) is 1. The maximum absolute atomic E-state index is 12.9. The lowest BCUT2D eigenvalue weighted by atomic mass is 9.96. The van der Waals surface area contributed by atoms with Crippen LogP contribution in [-0.4, -0.2) is 47.2 Å². The van der Waals surface area contributed by atoms with Crippen molar-refractivity contribution < 1.29 is 23.5 Å². The Kier molecular flexibility index (Phi) is 5.46. The molecule has 0 bridgehead atoms. The summed E-state index contributed by atoms with van der Waals surface area (Å²) in [5.74, 6) is -1.61. The van der Waals surface area contributed by atoms with Crippen LogP contribution in [0.15, 0.2) is 42.6 Å². The zero-order valence-corrected chi connectivity index (χ0v) is 14.1. The third-order valence-corrected chi connectivity index (χ3v) is 4.45. The van der Waals surface area contributed by atoms with E-state index in [4.69, 9.17) is 4.74 Å². The van der Waals surface area contributed by atoms with E-state index in [2.05, 4.69) is 4.98 Å². The van der Waals surface area contributed by atoms with E-state index in [0.717, 1.165) is 0 Å². The standard InChI is InChI=1S/C19H19FN2O4/c20-15-5-3-13(4-6-15)18(24)22-10-7-14(8-11-22)19(25)26-12-17(23)16-2-1-9-21-16/h1-6,9,14,21H,7-8,10-12H2. The number of halogens is 1. The number of ether oxygens (including phenoxy) is 1. The fourth-order valence-corrected chi connectivity index (χ4v) is 2.93. The van der Waals surface area contributed by atoms with Crippen molar-refractivity contribution in [3.05, 3.63) is 59.7 Å². The number of aromatic nitrogens is 1. The molecule has 1 aromatic heterocycles. The predicted octanol–water partition coefficient (Wildman–Crippen LogP) is 2.43. The Labute approximate surface area is 149 Å². The number of Topliss-reactive ketones (excluding diaryl/α,β-unsaturated/α-hetero) is 1. The summed E-state index contributed by atoms with van der Waals surface area (Å²) in [5.41, 5.74) is 0.821. The zero-order chi connectivity index (χ0) is 18.5. The number of esters is 1. The molecular formula is C19H19FN2O4. The highest BCUT2D eigenvalue weighted by molar-refractivity contribution is 5.96. The average molecular weight is 358 g/mol. The van der Waals surface area contributed by atoms with Crippen molar-refractivity contribution >= 4 is 17.7 Å². The molecule has 1 aliphatic heterocycles. The molecule has 26 heavy (non-hydrogen) atoms. The molecule has 1 aromatic carbocycles. The van der Waals surface area contributed by atoms with E-state index < -0.39 is 11.8 Å². The minimum absolute atomic E-state index is 0.182. The molecule has 1 N–H and O–H groups in total. The van der Waals surface area contributed by atoms with Gasteiger partial charge in [-0.15, -0.1) is 0 Å². The van der Waals surface area contributed by atoms with Crippen molar-refractivity contribution in [1.29, 1.82) is 0 Å². The van der Waals surface area contributed by atoms with Crippen LogP contribution in [0.1, 0.15) is 33.7 Å². The Balaban J connectivity index is 1.47. The first-order valence-electron chi connectivity index (χ1n) is 8.42. The number of likely N-dealkylation sites (tertiary alicyclic amines) is 1. The summed E-state index contributed by atoms with van der Waals surface area (Å²) in [6, 6.07) is 8.71. The molecule has 6 nitrogen and oxygen atoms in total. The number of nitrogens with one attached hydrogen (secondary N) is 1. The smallest absolute Gasteiger partial charge is 0.309 e. The largest absolute Gasteiger partial charge is 0.457 e. The summed E-state index contributed by atoms with van der Waals surface area (Å²) in [6.45, 7) is 0.537. The van der Waals surface area contributed by atoms with Crippen molar-refractivity contribution in [3.63, 3.8) is 0 Å². The highest BCUT2D eigenvalue weighted by atomic mass is 19.1. The second-order valence-electron chi connectivity index (χ2n) is 6.19. The number of amides is 1. The Bertz CT molecular complexity index is 778. The number of aromatic amines is 1. The normalized spacial score (nSPS) is 14.9. The molecule has 0 spiro atoms. The topological polar surface area (TPSA) is 79.5 Å². The summed E-state index contributed by atoms with van der Waals surface area (Å²) < 4.78 is 18.1. The van der Waals surface area contributed by atoms with Gasteiger partial charge in [0.25, 0.3) is 5.91 Å². The van der Waals surface area contributed by atoms with E-state index >= 15 is 0 Å². The number of rotatable bonds is 5. The van der Waals surface area contributed by atoms with Crippen LogP contribution in [0.25, 0.3) is 0 Å². The molecule has 1 amide bonds. The van der Waals surface area contributed by atoms with Gasteiger partial charge in [-0.25, -0.2) is 4.39 Å². The summed E-state index contributed by atoms with van der Waals surface area (Å²) in [6.07, 6.45) is 2.58. The Morgan fingerprint density at radius 3 is 2.42 bits per heavy atom. The van der Waals surface area contributed by atoms with Gasteiger partial charge in [-0.3, -0.25) is 14.4 Å². The molecule has 3 rings (SSSR count). The van der Waals surface area contributed by atoms with Crippen LogP contribution in [-0.2, 0) is 9.53 Å². The fraction of sp³-hybridized carbons (Fsp3) is 0.316. The van der Waals surface area contributed by atoms with Gasteiger partial charge in [-0.1, -0.05) is 0 Å². The first-order valence-corrected chi connectivity index (χ1v) is 8.42. The lowest BCUT2D eigenvalue weighted by Crippen LogP contribution is -2.40. The van der Waals surface area contributed by atoms with Crippen LogP contribution in [0.5, 0.6) is 0 Å². The monoisotopic (exact) mass is 358 g/mol. The minimum Gasteiger partial charge on any atom is -0.457 e. The maximum Gasteiger partial charge on any atom is 0.309 e. The summed E-state index contributed by atoms with van der Waals surface area (Å²) in [4.78, 5) is 40.7. The van der Waals surface area contributed by atoms with Gasteiger partial charge in [0, 0.05) is 24.8 Å². The molecule has 1 saturated heterocycles. The molecular weight excluding hydrogens is 339 g/mol. The van der Waals surface area contributed by atoms with Crippen molar-refractivity contribution in [3.8, 4) is 0 Å². The van der Waals surface area contributed by atoms with E-state index in [1.807, 2.05) is 0 Å². The number of ketones is 1. The molecule has 0 unspecified atom stereocenters. The molecule has 0 saturated carbocycles. The van der Waals surface area contributed by atoms with Gasteiger partial charge < -0.3 is 14.6 Å². The van der Waals surface area contributed by atoms with Gasteiger partial charge in [-0.05, 0) is 49.2 Å². The van der Waals surface area contributed by atoms with Crippen LogP contribution >= 0.6 is 0 Å². The predicted molar refractivity (Wildman–Crippen MR) is 91.1 cm³/mol. The molecule has 0 radical (unpaired) electrons. The summed E-state index contributed by atoms with van der Waals surface area (Å²) in [5, 5.41) is 0. The lowest BCUT2D eigenvalue weighted by molar-refractivity contribution is -0.148. The number of H-pyrrole nitrogens is 1. The van der Waals surface area contributed by atoms with E-state index in [9.17, 15) is 18.8 Å². The molecule has 2 heterocycles. The first-order chi connectivity index (χ1) is 12.5. The second-order valence-corrected chi connectivity index (χ2v) is 6.19. The number of carbonyl (C=O) groups is 3. The van der Waals surface area contributed by atoms with E-state index in [-0.39, 0.29) is 24.2 Å². The van der Waals surface area contributed by atoms with Crippen molar-refractivity contribution in [2.75, 3.05) is 19.7 Å². The van der Waals surface area contributed by atoms with Crippen LogP contribution in [0.4, 0.5) is 4.39 Å². The van der Waals surface area contributed by atoms with E-state index in [0.29, 0.717) is 37.2 Å². The fourth-order valence-electron chi connectivity index (χ4n) is 2.93. The van der Waals surface area contributed by atoms with E-state index in [1.165, 1.54) is 24.3 Å². The molecule has 7 heteroatoms. The van der Waals surface area contributed by atoms with Crippen LogP contribution in [0.3, 0.4) is 0 Å². The molecule has 0 atom stereocenters. The van der Waals surface area contributed by atoms with Crippen molar-refractivity contribution in [2.45, 2.75) is 12.8 Å². The number of piperidine rings is 1. The molecule has 1 aliphatic rings. The van der Waals surface area contributed by atoms with E-state index in [1.54, 1.807) is 23.2 Å². The molecule has 136 valence electrons. The number of carbonyl (C=O) groups excluding carboxylic acids is 3. The van der Waals surface area contributed by atoms with Gasteiger partial charge in [-0.2, -0.15) is 0 Å². The highest BCUT2D eigenvalue weighted by Crippen LogP contribution is 2.20. The quantitative estimate of drug-likeness (QED) is 0.658. The number of benzene rings is 1. The SMILES string of the molecule is O=C(COC(=O)C1CCN(C(=O)c2ccc(F)cc2)CC1)c1ccc[nH]1. The van der Waals surface area contributed by atoms with Crippen molar-refractivity contribution in [2.24, 2.45) is 5.92 Å². The first kappa shape index (κ1) is 17.8. The molecule has 1 fully saturated rings. The maximum atomic E-state index is 12.9. The van der Waals surface area contributed by atoms with Gasteiger partial charge in [0.1, 0.15) is 5.82 Å². The summed E-state index contributed by atoms with van der Waals surface area (Å²) >= 11 is 0. The Morgan fingerprint density at radius 1 is 1.12 bits per heavy atom. The summed E-state index contributed by atoms with van der Waals surface area (Å²) in [7, 11) is 0. The van der Waals surface area contributed by atoms with Crippen LogP contribution < -0.4 is 0 Å². The van der Waals surface area contributed by atoms with Gasteiger partial charge in [0.05, 0.1) is 11.6 Å². The Hall–Kier alpha value is -2.96. The van der Waals surface area contributed by atoms with Crippen LogP contribution in [0.2, 0.25) is 0 Å². The highest BCUT2D eigenvalue weighted by Gasteiger charge is 2.29. The second kappa shape index (κ2) is 7.95. The van der Waals surface area contributed by atoms with Crippen LogP contribution in [0, 0.1) is 11.7 Å². The third-order valence-electron chi connectivity index (χ3n) is 4.45. The van der Waals surface area contributed by atoms with Crippen molar-refractivity contribution in [1.82, 2.24) is 9.88 Å². The number of nitrogens with zero attached hydrogens (tertiary/aromatic N) is 1. The minimum atomic E-state index is -0.418. The van der Waals surface area contributed by atoms with Gasteiger partial charge in [0.2, 0.25) is 5.78 Å².